The van der Waals surface area contributed by atoms with Crippen LogP contribution in [0, 0.1) is 11.3 Å². The summed E-state index contributed by atoms with van der Waals surface area (Å²) in [5.74, 6) is -7.20. The highest BCUT2D eigenvalue weighted by Crippen LogP contribution is 2.60. The molecule has 0 aliphatic heterocycles. The molecule has 0 bridgehead atoms. The summed E-state index contributed by atoms with van der Waals surface area (Å²) in [5.41, 5.74) is -17.0. The molecule has 0 aromatic heterocycles. The second-order valence-electron chi connectivity index (χ2n) is 6.46. The number of nitriles is 1. The van der Waals surface area contributed by atoms with E-state index in [0.717, 1.165) is 24.3 Å². The van der Waals surface area contributed by atoms with Gasteiger partial charge in [-0.2, -0.15) is 53.6 Å². The lowest BCUT2D eigenvalue weighted by Gasteiger charge is -2.37. The van der Waals surface area contributed by atoms with Crippen molar-refractivity contribution in [3.8, 4) is 17.2 Å². The number of nitrogens with zero attached hydrogens (tertiary/aromatic N) is 1. The van der Waals surface area contributed by atoms with Crippen molar-refractivity contribution in [1.82, 2.24) is 0 Å². The molecule has 2 atom stereocenters. The molecule has 0 N–H and O–H groups in total. The monoisotopic (exact) mass is 591 g/mol. The first-order valence-corrected chi connectivity index (χ1v) is 10.2. The summed E-state index contributed by atoms with van der Waals surface area (Å²) in [6.07, 6.45) is -14.2. The van der Waals surface area contributed by atoms with E-state index in [-0.39, 0.29) is 11.6 Å². The fraction of sp³-hybridized carbons (Fsp3) is 0.278. The Bertz CT molecular complexity index is 1150. The minimum absolute atomic E-state index is 0.154. The Balaban J connectivity index is 3.10. The molecule has 2 aromatic carbocycles. The molecule has 2 unspecified atom stereocenters. The van der Waals surface area contributed by atoms with Gasteiger partial charge in [0.1, 0.15) is 0 Å². The first-order chi connectivity index (χ1) is 15.2. The van der Waals surface area contributed by atoms with Gasteiger partial charge in [-0.25, -0.2) is 8.60 Å². The van der Waals surface area contributed by atoms with E-state index in [9.17, 15) is 52.5 Å². The molecule has 186 valence electrons. The van der Waals surface area contributed by atoms with Crippen molar-refractivity contribution >= 4 is 26.7 Å². The molecule has 2 nitrogen and oxygen atoms in total. The zero-order valence-electron chi connectivity index (χ0n) is 15.6. The Morgan fingerprint density at radius 1 is 0.794 bits per heavy atom. The van der Waals surface area contributed by atoms with Crippen LogP contribution >= 0.6 is 15.9 Å². The third-order valence-electron chi connectivity index (χ3n) is 4.34. The predicted molar refractivity (Wildman–Crippen MR) is 96.6 cm³/mol. The Labute approximate surface area is 192 Å². The van der Waals surface area contributed by atoms with E-state index in [1.165, 1.54) is 0 Å². The van der Waals surface area contributed by atoms with Crippen LogP contribution in [0.15, 0.2) is 45.8 Å². The normalized spacial score (nSPS) is 16.0. The summed E-state index contributed by atoms with van der Waals surface area (Å²) in [4.78, 5) is -1.73. The van der Waals surface area contributed by atoms with Gasteiger partial charge in [0.2, 0.25) is 0 Å². The zero-order valence-corrected chi connectivity index (χ0v) is 18.0. The van der Waals surface area contributed by atoms with Gasteiger partial charge in [0.15, 0.2) is 10.8 Å². The Hall–Kier alpha value is -2.28. The van der Waals surface area contributed by atoms with Gasteiger partial charge < -0.3 is 0 Å². The Morgan fingerprint density at radius 2 is 1.29 bits per heavy atom. The van der Waals surface area contributed by atoms with E-state index < -0.39 is 72.4 Å². The average molecular weight is 592 g/mol. The largest absolute Gasteiger partial charge is 0.475 e. The molecule has 0 amide bonds. The van der Waals surface area contributed by atoms with Crippen molar-refractivity contribution in [2.24, 2.45) is 0 Å². The van der Waals surface area contributed by atoms with Crippen LogP contribution in [0.1, 0.15) is 11.1 Å². The third kappa shape index (κ3) is 4.64. The SMILES string of the molecule is N#Cc1ccc(-c2c(Br)cc(S(=O)C(F)(F)F)cc2C(F)(C(F)(F)F)C(F)(F)C(F)(F)F)cc1. The van der Waals surface area contributed by atoms with Crippen LogP contribution in [0.5, 0.6) is 0 Å². The van der Waals surface area contributed by atoms with Crippen LogP contribution in [0.25, 0.3) is 11.1 Å². The molecule has 0 spiro atoms. The minimum Gasteiger partial charge on any atom is -0.245 e. The standard InChI is InChI=1S/C18H6BrF12NOS/c19-12-6-10(34(33)18(29,30)31)5-11(13(12)9-3-1-8(7-32)2-4-9)14(20,16(23,24)25)15(21,22)17(26,27)28/h1-6H. The van der Waals surface area contributed by atoms with Gasteiger partial charge in [0.25, 0.3) is 0 Å². The maximum absolute atomic E-state index is 15.3. The van der Waals surface area contributed by atoms with Crippen molar-refractivity contribution in [3.05, 3.63) is 52.0 Å². The molecule has 0 aliphatic rings. The molecule has 34 heavy (non-hydrogen) atoms. The maximum Gasteiger partial charge on any atom is 0.475 e. The highest BCUT2D eigenvalue weighted by molar-refractivity contribution is 9.10. The summed E-state index contributed by atoms with van der Waals surface area (Å²) in [6, 6.07) is 4.45. The second kappa shape index (κ2) is 8.74. The van der Waals surface area contributed by atoms with Gasteiger partial charge in [-0.15, -0.1) is 0 Å². The highest BCUT2D eigenvalue weighted by Gasteiger charge is 2.82. The number of alkyl halides is 12. The molecule has 0 radical (unpaired) electrons. The topological polar surface area (TPSA) is 40.9 Å². The van der Waals surface area contributed by atoms with Crippen LogP contribution in [0.3, 0.4) is 0 Å². The lowest BCUT2D eigenvalue weighted by molar-refractivity contribution is -0.389. The van der Waals surface area contributed by atoms with E-state index >= 15 is 4.39 Å². The quantitative estimate of drug-likeness (QED) is 0.345. The van der Waals surface area contributed by atoms with Crippen molar-refractivity contribution in [3.63, 3.8) is 0 Å². The number of hydrogen-bond acceptors (Lipinski definition) is 2. The van der Waals surface area contributed by atoms with Gasteiger partial charge in [0.05, 0.1) is 11.6 Å². The van der Waals surface area contributed by atoms with Gasteiger partial charge in [-0.3, -0.25) is 0 Å². The molecule has 0 heterocycles. The predicted octanol–water partition coefficient (Wildman–Crippen LogP) is 7.54. The van der Waals surface area contributed by atoms with Crippen molar-refractivity contribution in [2.75, 3.05) is 0 Å². The summed E-state index contributed by atoms with van der Waals surface area (Å²) < 4.78 is 172. The van der Waals surface area contributed by atoms with Gasteiger partial charge >= 0.3 is 29.5 Å². The van der Waals surface area contributed by atoms with Crippen molar-refractivity contribution < 1.29 is 56.9 Å². The van der Waals surface area contributed by atoms with E-state index in [4.69, 9.17) is 5.26 Å². The molecular weight excluding hydrogens is 586 g/mol. The van der Waals surface area contributed by atoms with Gasteiger partial charge in [-0.05, 0) is 29.8 Å². The number of hydrogen-bond donors (Lipinski definition) is 0. The van der Waals surface area contributed by atoms with Gasteiger partial charge in [0, 0.05) is 20.5 Å². The molecule has 16 heteroatoms. The molecule has 2 aromatic rings. The molecule has 0 aliphatic carbocycles. The van der Waals surface area contributed by atoms with Crippen LogP contribution in [-0.2, 0) is 16.5 Å². The first-order valence-electron chi connectivity index (χ1n) is 8.23. The smallest absolute Gasteiger partial charge is 0.245 e. The fourth-order valence-corrected chi connectivity index (χ4v) is 4.35. The third-order valence-corrected chi connectivity index (χ3v) is 6.05. The van der Waals surface area contributed by atoms with E-state index in [0.29, 0.717) is 0 Å². The number of halogens is 13. The zero-order chi connectivity index (χ0) is 26.5. The van der Waals surface area contributed by atoms with Crippen LogP contribution < -0.4 is 0 Å². The summed E-state index contributed by atoms with van der Waals surface area (Å²) >= 11 is 2.45. The maximum atomic E-state index is 15.3. The fourth-order valence-electron chi connectivity index (χ4n) is 2.79. The molecule has 0 fully saturated rings. The summed E-state index contributed by atoms with van der Waals surface area (Å²) in [6.45, 7) is 0. The molecule has 0 saturated carbocycles. The van der Waals surface area contributed by atoms with E-state index in [1.807, 2.05) is 0 Å². The molecule has 2 rings (SSSR count). The number of rotatable bonds is 4. The van der Waals surface area contributed by atoms with Gasteiger partial charge in [-0.1, -0.05) is 28.1 Å². The van der Waals surface area contributed by atoms with Crippen LogP contribution in [-0.4, -0.2) is 28.0 Å². The Kier molecular flexibility index (Phi) is 7.19. The molecular formula is C18H6BrF12NOS. The second-order valence-corrected chi connectivity index (χ2v) is 8.79. The first kappa shape index (κ1) is 28.0. The van der Waals surface area contributed by atoms with Crippen LogP contribution in [0.2, 0.25) is 0 Å². The van der Waals surface area contributed by atoms with E-state index in [2.05, 4.69) is 15.9 Å². The average Bonchev–Trinajstić information content (AvgIpc) is 2.69. The summed E-state index contributed by atoms with van der Waals surface area (Å²) in [5, 5.41) is 8.78. The summed E-state index contributed by atoms with van der Waals surface area (Å²) in [7, 11) is -4.23. The Morgan fingerprint density at radius 3 is 1.68 bits per heavy atom. The minimum atomic E-state index is -7.20. The lowest BCUT2D eigenvalue weighted by Crippen LogP contribution is -2.60. The van der Waals surface area contributed by atoms with Crippen molar-refractivity contribution in [1.29, 1.82) is 5.26 Å². The molecule has 0 saturated heterocycles. The van der Waals surface area contributed by atoms with Crippen molar-refractivity contribution in [2.45, 2.75) is 34.3 Å². The van der Waals surface area contributed by atoms with Crippen LogP contribution in [0.4, 0.5) is 52.7 Å². The van der Waals surface area contributed by atoms with E-state index in [1.54, 1.807) is 6.07 Å². The highest BCUT2D eigenvalue weighted by atomic mass is 79.9. The number of benzene rings is 2. The lowest BCUT2D eigenvalue weighted by atomic mass is 9.82.